The molecular formula is C15H17N3O4S. The molecule has 1 aliphatic rings. The monoisotopic (exact) mass is 335 g/mol. The summed E-state index contributed by atoms with van der Waals surface area (Å²) in [6.45, 7) is 1.60. The van der Waals surface area contributed by atoms with Crippen LogP contribution >= 0.6 is 11.3 Å². The van der Waals surface area contributed by atoms with Crippen LogP contribution in [-0.4, -0.2) is 42.7 Å². The van der Waals surface area contributed by atoms with Crippen molar-refractivity contribution in [3.8, 4) is 0 Å². The lowest BCUT2D eigenvalue weighted by Gasteiger charge is -2.14. The van der Waals surface area contributed by atoms with Gasteiger partial charge in [0.15, 0.2) is 5.76 Å². The van der Waals surface area contributed by atoms with Gasteiger partial charge in [-0.3, -0.25) is 9.59 Å². The Hall–Kier alpha value is -2.16. The van der Waals surface area contributed by atoms with Gasteiger partial charge in [0.2, 0.25) is 0 Å². The number of nitrogens with one attached hydrogen (secondary N) is 3. The highest BCUT2D eigenvalue weighted by atomic mass is 32.1. The minimum absolute atomic E-state index is 0.00116. The fourth-order valence-electron chi connectivity index (χ4n) is 2.40. The van der Waals surface area contributed by atoms with Gasteiger partial charge < -0.3 is 25.5 Å². The fraction of sp³-hybridized carbons (Fsp3) is 0.333. The highest BCUT2D eigenvalue weighted by Crippen LogP contribution is 2.24. The SMILES string of the molecule is O=C(Nc1sccc1C(=O)NCC1CNCC1O)c1ccco1. The van der Waals surface area contributed by atoms with E-state index < -0.39 is 12.0 Å². The average Bonchev–Trinajstić information content (AvgIpc) is 3.26. The fourth-order valence-corrected chi connectivity index (χ4v) is 3.18. The molecule has 1 fully saturated rings. The van der Waals surface area contributed by atoms with E-state index in [9.17, 15) is 14.7 Å². The molecule has 0 aliphatic carbocycles. The molecule has 2 atom stereocenters. The van der Waals surface area contributed by atoms with Crippen LogP contribution < -0.4 is 16.0 Å². The third-order valence-electron chi connectivity index (χ3n) is 3.71. The smallest absolute Gasteiger partial charge is 0.291 e. The van der Waals surface area contributed by atoms with Crippen LogP contribution in [0, 0.1) is 5.92 Å². The van der Waals surface area contributed by atoms with E-state index in [0.717, 1.165) is 0 Å². The maximum atomic E-state index is 12.3. The number of aliphatic hydroxyl groups excluding tert-OH is 1. The summed E-state index contributed by atoms with van der Waals surface area (Å²) in [7, 11) is 0. The molecule has 1 saturated heterocycles. The first-order chi connectivity index (χ1) is 11.1. The summed E-state index contributed by atoms with van der Waals surface area (Å²) < 4.78 is 5.03. The number of hydrogen-bond donors (Lipinski definition) is 4. The van der Waals surface area contributed by atoms with Gasteiger partial charge >= 0.3 is 0 Å². The lowest BCUT2D eigenvalue weighted by atomic mass is 10.1. The molecule has 2 aromatic rings. The number of anilines is 1. The quantitative estimate of drug-likeness (QED) is 0.650. The third-order valence-corrected chi connectivity index (χ3v) is 4.54. The largest absolute Gasteiger partial charge is 0.459 e. The van der Waals surface area contributed by atoms with Crippen molar-refractivity contribution in [1.29, 1.82) is 0 Å². The number of hydrogen-bond acceptors (Lipinski definition) is 6. The zero-order valence-corrected chi connectivity index (χ0v) is 13.1. The molecule has 2 amide bonds. The summed E-state index contributed by atoms with van der Waals surface area (Å²) >= 11 is 1.27. The normalized spacial score (nSPS) is 20.4. The summed E-state index contributed by atoms with van der Waals surface area (Å²) in [5.74, 6) is -0.495. The molecule has 3 heterocycles. The molecule has 0 spiro atoms. The maximum absolute atomic E-state index is 12.3. The zero-order chi connectivity index (χ0) is 16.2. The number of aliphatic hydroxyl groups is 1. The number of β-amino-alcohol motifs (C(OH)–C–C–N with tert-alkyl or cyclic N) is 1. The minimum Gasteiger partial charge on any atom is -0.459 e. The predicted molar refractivity (Wildman–Crippen MR) is 85.7 cm³/mol. The molecule has 7 nitrogen and oxygen atoms in total. The van der Waals surface area contributed by atoms with Crippen LogP contribution in [0.3, 0.4) is 0 Å². The summed E-state index contributed by atoms with van der Waals surface area (Å²) in [6.07, 6.45) is 0.966. The molecule has 122 valence electrons. The third kappa shape index (κ3) is 3.61. The van der Waals surface area contributed by atoms with E-state index in [1.807, 2.05) is 0 Å². The molecular weight excluding hydrogens is 318 g/mol. The van der Waals surface area contributed by atoms with Crippen LogP contribution in [0.4, 0.5) is 5.00 Å². The Labute approximate surface area is 136 Å². The van der Waals surface area contributed by atoms with Crippen LogP contribution in [0.25, 0.3) is 0 Å². The van der Waals surface area contributed by atoms with Crippen LogP contribution in [0.5, 0.6) is 0 Å². The second-order valence-electron chi connectivity index (χ2n) is 5.29. The second kappa shape index (κ2) is 6.95. The van der Waals surface area contributed by atoms with E-state index >= 15 is 0 Å². The first-order valence-corrected chi connectivity index (χ1v) is 8.12. The molecule has 0 aromatic carbocycles. The molecule has 23 heavy (non-hydrogen) atoms. The summed E-state index contributed by atoms with van der Waals surface area (Å²) in [6, 6.07) is 4.83. The maximum Gasteiger partial charge on any atom is 0.291 e. The van der Waals surface area contributed by atoms with Crippen molar-refractivity contribution < 1.29 is 19.1 Å². The van der Waals surface area contributed by atoms with E-state index in [-0.39, 0.29) is 17.6 Å². The van der Waals surface area contributed by atoms with E-state index in [1.54, 1.807) is 23.6 Å². The van der Waals surface area contributed by atoms with E-state index in [4.69, 9.17) is 4.42 Å². The summed E-state index contributed by atoms with van der Waals surface area (Å²) in [5.41, 5.74) is 0.398. The van der Waals surface area contributed by atoms with Gasteiger partial charge in [0.1, 0.15) is 5.00 Å². The van der Waals surface area contributed by atoms with Crippen molar-refractivity contribution in [3.05, 3.63) is 41.2 Å². The Morgan fingerprint density at radius 2 is 2.22 bits per heavy atom. The van der Waals surface area contributed by atoms with Gasteiger partial charge in [-0.1, -0.05) is 0 Å². The topological polar surface area (TPSA) is 104 Å². The highest BCUT2D eigenvalue weighted by Gasteiger charge is 2.26. The van der Waals surface area contributed by atoms with Gasteiger partial charge in [0.05, 0.1) is 17.9 Å². The Bertz CT molecular complexity index is 683. The molecule has 0 bridgehead atoms. The van der Waals surface area contributed by atoms with Crippen LogP contribution in [-0.2, 0) is 0 Å². The van der Waals surface area contributed by atoms with Gasteiger partial charge in [-0.25, -0.2) is 0 Å². The molecule has 2 aromatic heterocycles. The van der Waals surface area contributed by atoms with E-state index in [0.29, 0.717) is 30.2 Å². The van der Waals surface area contributed by atoms with Crippen molar-refractivity contribution in [1.82, 2.24) is 10.6 Å². The Morgan fingerprint density at radius 1 is 1.35 bits per heavy atom. The molecule has 1 aliphatic heterocycles. The number of thiophene rings is 1. The molecule has 0 saturated carbocycles. The van der Waals surface area contributed by atoms with Gasteiger partial charge in [0.25, 0.3) is 11.8 Å². The Balaban J connectivity index is 1.61. The first kappa shape index (κ1) is 15.7. The Morgan fingerprint density at radius 3 is 2.91 bits per heavy atom. The number of rotatable bonds is 5. The van der Waals surface area contributed by atoms with Crippen LogP contribution in [0.15, 0.2) is 34.3 Å². The van der Waals surface area contributed by atoms with Crippen molar-refractivity contribution in [2.24, 2.45) is 5.92 Å². The summed E-state index contributed by atoms with van der Waals surface area (Å²) in [4.78, 5) is 24.3. The average molecular weight is 335 g/mol. The molecule has 2 unspecified atom stereocenters. The van der Waals surface area contributed by atoms with Gasteiger partial charge in [-0.15, -0.1) is 11.3 Å². The lowest BCUT2D eigenvalue weighted by molar-refractivity contribution is 0.0928. The number of carbonyl (C=O) groups excluding carboxylic acids is 2. The number of furan rings is 1. The Kier molecular flexibility index (Phi) is 4.75. The predicted octanol–water partition coefficient (Wildman–Crippen LogP) is 0.903. The molecule has 8 heteroatoms. The lowest BCUT2D eigenvalue weighted by Crippen LogP contribution is -2.34. The standard InChI is InChI=1S/C15H17N3O4S/c19-11-8-16-6-9(11)7-17-13(20)10-3-5-23-15(10)18-14(21)12-2-1-4-22-12/h1-5,9,11,16,19H,6-8H2,(H,17,20)(H,18,21). The molecule has 0 radical (unpaired) electrons. The van der Waals surface area contributed by atoms with Crippen molar-refractivity contribution in [2.75, 3.05) is 25.0 Å². The molecule has 3 rings (SSSR count). The van der Waals surface area contributed by atoms with Crippen molar-refractivity contribution in [3.63, 3.8) is 0 Å². The highest BCUT2D eigenvalue weighted by molar-refractivity contribution is 7.14. The van der Waals surface area contributed by atoms with Gasteiger partial charge in [0, 0.05) is 25.6 Å². The van der Waals surface area contributed by atoms with Crippen LogP contribution in [0.1, 0.15) is 20.9 Å². The molecule has 4 N–H and O–H groups in total. The van der Waals surface area contributed by atoms with Crippen molar-refractivity contribution in [2.45, 2.75) is 6.10 Å². The summed E-state index contributed by atoms with van der Waals surface area (Å²) in [5, 5.41) is 20.5. The van der Waals surface area contributed by atoms with Crippen LogP contribution in [0.2, 0.25) is 0 Å². The number of amides is 2. The minimum atomic E-state index is -0.448. The second-order valence-corrected chi connectivity index (χ2v) is 6.21. The van der Waals surface area contributed by atoms with E-state index in [1.165, 1.54) is 17.6 Å². The number of carbonyl (C=O) groups is 2. The van der Waals surface area contributed by atoms with Crippen molar-refractivity contribution >= 4 is 28.2 Å². The zero-order valence-electron chi connectivity index (χ0n) is 12.2. The first-order valence-electron chi connectivity index (χ1n) is 7.24. The van der Waals surface area contributed by atoms with Gasteiger partial charge in [-0.2, -0.15) is 0 Å². The van der Waals surface area contributed by atoms with Gasteiger partial charge in [-0.05, 0) is 23.6 Å². The van der Waals surface area contributed by atoms with E-state index in [2.05, 4.69) is 16.0 Å².